The molecular weight excluding hydrogens is 352 g/mol. The van der Waals surface area contributed by atoms with E-state index < -0.39 is 16.1 Å². The molecule has 2 aromatic rings. The SMILES string of the molecule is O=C(Oc1ccccc1)N1CCN(S(=O)(=O)C=Cc2ccccc2)CC1. The molecule has 0 saturated carbocycles. The van der Waals surface area contributed by atoms with Crippen LogP contribution < -0.4 is 4.74 Å². The molecule has 136 valence electrons. The number of hydrogen-bond donors (Lipinski definition) is 0. The quantitative estimate of drug-likeness (QED) is 0.828. The van der Waals surface area contributed by atoms with E-state index in [-0.39, 0.29) is 13.1 Å². The monoisotopic (exact) mass is 372 g/mol. The first-order valence-electron chi connectivity index (χ1n) is 8.30. The van der Waals surface area contributed by atoms with Gasteiger partial charge in [0.1, 0.15) is 5.75 Å². The number of para-hydroxylation sites is 1. The summed E-state index contributed by atoms with van der Waals surface area (Å²) in [4.78, 5) is 13.7. The molecule has 0 radical (unpaired) electrons. The van der Waals surface area contributed by atoms with Crippen LogP contribution in [0.25, 0.3) is 6.08 Å². The Morgan fingerprint density at radius 3 is 2.08 bits per heavy atom. The van der Waals surface area contributed by atoms with Crippen molar-refractivity contribution in [3.05, 3.63) is 71.6 Å². The zero-order valence-electron chi connectivity index (χ0n) is 14.2. The predicted molar refractivity (Wildman–Crippen MR) is 100 cm³/mol. The highest BCUT2D eigenvalue weighted by atomic mass is 32.2. The van der Waals surface area contributed by atoms with Gasteiger partial charge in [-0.05, 0) is 23.8 Å². The number of nitrogens with zero attached hydrogens (tertiary/aromatic N) is 2. The summed E-state index contributed by atoms with van der Waals surface area (Å²) in [5, 5.41) is 1.21. The van der Waals surface area contributed by atoms with E-state index in [0.29, 0.717) is 18.8 Å². The molecular formula is C19H20N2O4S. The Kier molecular flexibility index (Phi) is 5.70. The minimum absolute atomic E-state index is 0.241. The number of rotatable bonds is 4. The molecule has 0 atom stereocenters. The maximum absolute atomic E-state index is 12.4. The third-order valence-electron chi connectivity index (χ3n) is 4.04. The third-order valence-corrected chi connectivity index (χ3v) is 5.60. The minimum atomic E-state index is -3.52. The molecule has 0 bridgehead atoms. The molecule has 1 heterocycles. The predicted octanol–water partition coefficient (Wildman–Crippen LogP) is 2.80. The highest BCUT2D eigenvalue weighted by Crippen LogP contribution is 2.14. The number of carbonyl (C=O) groups is 1. The summed E-state index contributed by atoms with van der Waals surface area (Å²) in [6.45, 7) is 1.07. The van der Waals surface area contributed by atoms with Crippen LogP contribution in [0.3, 0.4) is 0 Å². The van der Waals surface area contributed by atoms with E-state index in [1.54, 1.807) is 30.3 Å². The van der Waals surface area contributed by atoms with Crippen LogP contribution in [-0.2, 0) is 10.0 Å². The van der Waals surface area contributed by atoms with Crippen molar-refractivity contribution >= 4 is 22.2 Å². The molecule has 0 N–H and O–H groups in total. The van der Waals surface area contributed by atoms with Gasteiger partial charge in [0.15, 0.2) is 0 Å². The van der Waals surface area contributed by atoms with Gasteiger partial charge in [-0.15, -0.1) is 0 Å². The summed E-state index contributed by atoms with van der Waals surface area (Å²) in [6.07, 6.45) is 1.11. The zero-order valence-corrected chi connectivity index (χ0v) is 15.0. The lowest BCUT2D eigenvalue weighted by Crippen LogP contribution is -2.50. The van der Waals surface area contributed by atoms with Gasteiger partial charge in [-0.3, -0.25) is 0 Å². The fourth-order valence-electron chi connectivity index (χ4n) is 2.59. The summed E-state index contributed by atoms with van der Waals surface area (Å²) in [5.41, 5.74) is 0.821. The second-order valence-electron chi connectivity index (χ2n) is 5.83. The van der Waals surface area contributed by atoms with Gasteiger partial charge in [0, 0.05) is 31.6 Å². The van der Waals surface area contributed by atoms with Crippen LogP contribution in [0.4, 0.5) is 4.79 Å². The van der Waals surface area contributed by atoms with Crippen LogP contribution in [0.15, 0.2) is 66.1 Å². The van der Waals surface area contributed by atoms with Crippen LogP contribution in [0.5, 0.6) is 5.75 Å². The Balaban J connectivity index is 1.55. The van der Waals surface area contributed by atoms with Gasteiger partial charge in [0.25, 0.3) is 0 Å². The van der Waals surface area contributed by atoms with Crippen molar-refractivity contribution in [1.29, 1.82) is 0 Å². The molecule has 1 aliphatic rings. The lowest BCUT2D eigenvalue weighted by Gasteiger charge is -2.32. The molecule has 6 nitrogen and oxygen atoms in total. The maximum atomic E-state index is 12.4. The van der Waals surface area contributed by atoms with Crippen molar-refractivity contribution in [1.82, 2.24) is 9.21 Å². The first-order valence-corrected chi connectivity index (χ1v) is 9.80. The van der Waals surface area contributed by atoms with Gasteiger partial charge in [0.05, 0.1) is 0 Å². The lowest BCUT2D eigenvalue weighted by molar-refractivity contribution is 0.133. The van der Waals surface area contributed by atoms with Gasteiger partial charge in [-0.1, -0.05) is 48.5 Å². The number of amides is 1. The summed E-state index contributed by atoms with van der Waals surface area (Å²) in [5.74, 6) is 0.471. The van der Waals surface area contributed by atoms with E-state index >= 15 is 0 Å². The number of carbonyl (C=O) groups excluding carboxylic acids is 1. The summed E-state index contributed by atoms with van der Waals surface area (Å²) in [6, 6.07) is 18.1. The summed E-state index contributed by atoms with van der Waals surface area (Å²) in [7, 11) is -3.52. The molecule has 2 aromatic carbocycles. The first-order chi connectivity index (χ1) is 12.5. The molecule has 0 aromatic heterocycles. The normalized spacial score (nSPS) is 15.9. The molecule has 0 unspecified atom stereocenters. The number of sulfonamides is 1. The van der Waals surface area contributed by atoms with Crippen LogP contribution in [0.1, 0.15) is 5.56 Å². The molecule has 1 fully saturated rings. The van der Waals surface area contributed by atoms with Crippen LogP contribution in [0, 0.1) is 0 Å². The molecule has 0 spiro atoms. The molecule has 7 heteroatoms. The number of ether oxygens (including phenoxy) is 1. The molecule has 3 rings (SSSR count). The average Bonchev–Trinajstić information content (AvgIpc) is 2.68. The van der Waals surface area contributed by atoms with E-state index in [2.05, 4.69) is 0 Å². The van der Waals surface area contributed by atoms with Crippen molar-refractivity contribution in [2.75, 3.05) is 26.2 Å². The molecule has 1 amide bonds. The standard InChI is InChI=1S/C19H20N2O4S/c22-19(25-18-9-5-2-6-10-18)20-12-14-21(15-13-20)26(23,24)16-11-17-7-3-1-4-8-17/h1-11,16H,12-15H2. The Morgan fingerprint density at radius 2 is 1.46 bits per heavy atom. The van der Waals surface area contributed by atoms with Crippen molar-refractivity contribution in [2.24, 2.45) is 0 Å². The fourth-order valence-corrected chi connectivity index (χ4v) is 3.77. The summed E-state index contributed by atoms with van der Waals surface area (Å²) < 4.78 is 31.5. The Morgan fingerprint density at radius 1 is 0.885 bits per heavy atom. The Bertz CT molecular complexity index is 859. The zero-order chi connectivity index (χ0) is 18.4. The van der Waals surface area contributed by atoms with Crippen LogP contribution in [-0.4, -0.2) is 49.9 Å². The van der Waals surface area contributed by atoms with Crippen LogP contribution in [0.2, 0.25) is 0 Å². The Labute approximate surface area is 153 Å². The second kappa shape index (κ2) is 8.16. The summed E-state index contributed by atoms with van der Waals surface area (Å²) >= 11 is 0. The van der Waals surface area contributed by atoms with Crippen molar-refractivity contribution in [3.63, 3.8) is 0 Å². The van der Waals surface area contributed by atoms with Gasteiger partial charge in [0.2, 0.25) is 10.0 Å². The van der Waals surface area contributed by atoms with E-state index in [9.17, 15) is 13.2 Å². The molecule has 1 aliphatic heterocycles. The molecule has 26 heavy (non-hydrogen) atoms. The average molecular weight is 372 g/mol. The molecule has 0 aliphatic carbocycles. The van der Waals surface area contributed by atoms with E-state index in [0.717, 1.165) is 5.56 Å². The van der Waals surface area contributed by atoms with Crippen molar-refractivity contribution < 1.29 is 17.9 Å². The minimum Gasteiger partial charge on any atom is -0.410 e. The number of piperazine rings is 1. The first kappa shape index (κ1) is 18.2. The number of benzene rings is 2. The highest BCUT2D eigenvalue weighted by molar-refractivity contribution is 7.92. The van der Waals surface area contributed by atoms with Gasteiger partial charge in [-0.25, -0.2) is 13.2 Å². The maximum Gasteiger partial charge on any atom is 0.415 e. The highest BCUT2D eigenvalue weighted by Gasteiger charge is 2.28. The third kappa shape index (κ3) is 4.71. The largest absolute Gasteiger partial charge is 0.415 e. The van der Waals surface area contributed by atoms with Gasteiger partial charge < -0.3 is 9.64 Å². The number of hydrogen-bond acceptors (Lipinski definition) is 4. The van der Waals surface area contributed by atoms with Gasteiger partial charge >= 0.3 is 6.09 Å². The fraction of sp³-hybridized carbons (Fsp3) is 0.211. The van der Waals surface area contributed by atoms with Crippen molar-refractivity contribution in [2.45, 2.75) is 0 Å². The van der Waals surface area contributed by atoms with E-state index in [1.807, 2.05) is 36.4 Å². The Hall–Kier alpha value is -2.64. The van der Waals surface area contributed by atoms with Crippen LogP contribution >= 0.6 is 0 Å². The topological polar surface area (TPSA) is 66.9 Å². The molecule has 1 saturated heterocycles. The lowest BCUT2D eigenvalue weighted by atomic mass is 10.2. The van der Waals surface area contributed by atoms with Gasteiger partial charge in [-0.2, -0.15) is 4.31 Å². The van der Waals surface area contributed by atoms with Crippen molar-refractivity contribution in [3.8, 4) is 5.75 Å². The second-order valence-corrected chi connectivity index (χ2v) is 7.64. The van der Waals surface area contributed by atoms with E-state index in [1.165, 1.54) is 14.6 Å². The smallest absolute Gasteiger partial charge is 0.410 e. The van der Waals surface area contributed by atoms with E-state index in [4.69, 9.17) is 4.74 Å².